The smallest absolute Gasteiger partial charge is 0.245 e. The van der Waals surface area contributed by atoms with E-state index in [2.05, 4.69) is 9.97 Å². The van der Waals surface area contributed by atoms with Crippen molar-refractivity contribution in [1.82, 2.24) is 14.3 Å². The maximum atomic E-state index is 13.0. The van der Waals surface area contributed by atoms with Gasteiger partial charge in [-0.3, -0.25) is 0 Å². The molecule has 3 rings (SSSR count). The molecule has 7 nitrogen and oxygen atoms in total. The molecule has 0 spiro atoms. The highest BCUT2D eigenvalue weighted by Gasteiger charge is 2.37. The van der Waals surface area contributed by atoms with Crippen LogP contribution in [0, 0.1) is 0 Å². The van der Waals surface area contributed by atoms with Gasteiger partial charge in [-0.15, -0.1) is 0 Å². The molecule has 0 aromatic carbocycles. The lowest BCUT2D eigenvalue weighted by atomic mass is 10.0. The van der Waals surface area contributed by atoms with Crippen LogP contribution in [0.1, 0.15) is 12.8 Å². The molecule has 2 unspecified atom stereocenters. The molecule has 0 saturated carbocycles. The summed E-state index contributed by atoms with van der Waals surface area (Å²) in [4.78, 5) is 7.31. The minimum absolute atomic E-state index is 0.0598. The highest BCUT2D eigenvalue weighted by atomic mass is 32.2. The zero-order chi connectivity index (χ0) is 15.7. The number of sulfonamides is 1. The van der Waals surface area contributed by atoms with Gasteiger partial charge in [-0.05, 0) is 25.0 Å². The predicted molar refractivity (Wildman–Crippen MR) is 82.9 cm³/mol. The number of rotatable bonds is 4. The van der Waals surface area contributed by atoms with E-state index in [9.17, 15) is 8.42 Å². The molecule has 3 heterocycles. The van der Waals surface area contributed by atoms with Gasteiger partial charge in [0.15, 0.2) is 0 Å². The summed E-state index contributed by atoms with van der Waals surface area (Å²) in [7, 11) is -1.97. The Bertz CT molecular complexity index is 758. The van der Waals surface area contributed by atoms with Gasteiger partial charge in [0.1, 0.15) is 10.5 Å². The number of hydrogen-bond donors (Lipinski definition) is 2. The number of aromatic nitrogens is 2. The number of aromatic amines is 1. The number of fused-ring (bicyclic) bond motifs is 1. The van der Waals surface area contributed by atoms with E-state index < -0.39 is 10.0 Å². The lowest BCUT2D eigenvalue weighted by Crippen LogP contribution is -2.51. The van der Waals surface area contributed by atoms with Crippen molar-refractivity contribution in [1.29, 1.82) is 0 Å². The van der Waals surface area contributed by atoms with Crippen molar-refractivity contribution in [2.75, 3.05) is 20.2 Å². The molecule has 1 aliphatic rings. The van der Waals surface area contributed by atoms with Crippen molar-refractivity contribution >= 4 is 21.1 Å². The fraction of sp³-hybridized carbons (Fsp3) is 0.500. The van der Waals surface area contributed by atoms with Gasteiger partial charge in [0.2, 0.25) is 10.0 Å². The van der Waals surface area contributed by atoms with Gasteiger partial charge in [0.25, 0.3) is 0 Å². The van der Waals surface area contributed by atoms with Crippen molar-refractivity contribution in [3.63, 3.8) is 0 Å². The average Bonchev–Trinajstić information content (AvgIpc) is 2.99. The number of piperidine rings is 1. The van der Waals surface area contributed by atoms with Crippen LogP contribution < -0.4 is 5.73 Å². The molecule has 1 aliphatic heterocycles. The summed E-state index contributed by atoms with van der Waals surface area (Å²) in [6.07, 6.45) is 4.48. The Morgan fingerprint density at radius 3 is 3.09 bits per heavy atom. The molecule has 0 bridgehead atoms. The summed E-state index contributed by atoms with van der Waals surface area (Å²) in [5, 5.41) is 0.604. The Kier molecular flexibility index (Phi) is 4.18. The summed E-state index contributed by atoms with van der Waals surface area (Å²) in [5.74, 6) is 0. The van der Waals surface area contributed by atoms with E-state index in [1.54, 1.807) is 25.4 Å². The Balaban J connectivity index is 1.98. The van der Waals surface area contributed by atoms with Crippen LogP contribution in [0.15, 0.2) is 29.4 Å². The quantitative estimate of drug-likeness (QED) is 0.861. The number of ether oxygens (including phenoxy) is 1. The van der Waals surface area contributed by atoms with Gasteiger partial charge >= 0.3 is 0 Å². The normalized spacial score (nSPS) is 23.9. The average molecular weight is 324 g/mol. The van der Waals surface area contributed by atoms with Gasteiger partial charge in [-0.1, -0.05) is 0 Å². The number of nitrogens with zero attached hydrogens (tertiary/aromatic N) is 2. The molecule has 1 saturated heterocycles. The Hall–Kier alpha value is -1.48. The number of pyridine rings is 1. The molecule has 2 aromatic heterocycles. The van der Waals surface area contributed by atoms with Crippen LogP contribution in [0.25, 0.3) is 11.0 Å². The van der Waals surface area contributed by atoms with Gasteiger partial charge in [0.05, 0.1) is 6.10 Å². The fourth-order valence-electron chi connectivity index (χ4n) is 3.01. The van der Waals surface area contributed by atoms with Crippen LogP contribution in [0.5, 0.6) is 0 Å². The predicted octanol–water partition coefficient (Wildman–Crippen LogP) is 0.690. The Morgan fingerprint density at radius 1 is 1.55 bits per heavy atom. The fourth-order valence-corrected chi connectivity index (χ4v) is 4.82. The highest BCUT2D eigenvalue weighted by molar-refractivity contribution is 7.89. The van der Waals surface area contributed by atoms with Crippen LogP contribution in [0.3, 0.4) is 0 Å². The molecule has 8 heteroatoms. The van der Waals surface area contributed by atoms with E-state index in [4.69, 9.17) is 10.5 Å². The second-order valence-corrected chi connectivity index (χ2v) is 7.30. The summed E-state index contributed by atoms with van der Waals surface area (Å²) < 4.78 is 32.9. The second kappa shape index (κ2) is 5.96. The lowest BCUT2D eigenvalue weighted by Gasteiger charge is -2.37. The molecule has 1 fully saturated rings. The van der Waals surface area contributed by atoms with E-state index in [-0.39, 0.29) is 23.6 Å². The van der Waals surface area contributed by atoms with Gasteiger partial charge < -0.3 is 15.5 Å². The topological polar surface area (TPSA) is 101 Å². The molecule has 0 aliphatic carbocycles. The number of nitrogens with one attached hydrogen (secondary N) is 1. The zero-order valence-electron chi connectivity index (χ0n) is 12.4. The highest BCUT2D eigenvalue weighted by Crippen LogP contribution is 2.29. The van der Waals surface area contributed by atoms with E-state index >= 15 is 0 Å². The first-order valence-corrected chi connectivity index (χ1v) is 8.68. The van der Waals surface area contributed by atoms with Crippen LogP contribution in [-0.4, -0.2) is 55.0 Å². The molecule has 0 radical (unpaired) electrons. The van der Waals surface area contributed by atoms with Gasteiger partial charge in [0, 0.05) is 44.0 Å². The maximum Gasteiger partial charge on any atom is 0.245 e. The zero-order valence-corrected chi connectivity index (χ0v) is 13.2. The summed E-state index contributed by atoms with van der Waals surface area (Å²) >= 11 is 0. The van der Waals surface area contributed by atoms with Crippen molar-refractivity contribution < 1.29 is 13.2 Å². The summed E-state index contributed by atoms with van der Waals surface area (Å²) in [6, 6.07) is 3.24. The van der Waals surface area contributed by atoms with Crippen LogP contribution >= 0.6 is 0 Å². The van der Waals surface area contributed by atoms with Crippen LogP contribution in [0.2, 0.25) is 0 Å². The molecule has 2 aromatic rings. The number of H-pyrrole nitrogens is 1. The van der Waals surface area contributed by atoms with Crippen LogP contribution in [-0.2, 0) is 14.8 Å². The standard InChI is InChI=1S/C14H20N4O3S/c1-21-11-4-6-18(10(7-11)8-15)22(19,20)13-9-17-14-12(13)3-2-5-16-14/h2-3,5,9-11H,4,6-8,15H2,1H3,(H,16,17). The Labute approximate surface area is 129 Å². The number of hydrogen-bond acceptors (Lipinski definition) is 5. The monoisotopic (exact) mass is 324 g/mol. The van der Waals surface area contributed by atoms with E-state index in [0.717, 1.165) is 0 Å². The first-order chi connectivity index (χ1) is 10.6. The molecule has 3 N–H and O–H groups in total. The van der Waals surface area contributed by atoms with Crippen molar-refractivity contribution in [3.05, 3.63) is 24.5 Å². The van der Waals surface area contributed by atoms with Crippen molar-refractivity contribution in [2.45, 2.75) is 29.9 Å². The number of nitrogens with two attached hydrogens (primary N) is 1. The Morgan fingerprint density at radius 2 is 2.36 bits per heavy atom. The third-order valence-corrected chi connectivity index (χ3v) is 6.21. The molecular formula is C14H20N4O3S. The molecule has 120 valence electrons. The first-order valence-electron chi connectivity index (χ1n) is 7.24. The lowest BCUT2D eigenvalue weighted by molar-refractivity contribution is 0.0402. The van der Waals surface area contributed by atoms with E-state index in [0.29, 0.717) is 30.4 Å². The third kappa shape index (κ3) is 2.52. The van der Waals surface area contributed by atoms with Crippen molar-refractivity contribution in [2.24, 2.45) is 5.73 Å². The SMILES string of the molecule is COC1CCN(S(=O)(=O)c2c[nH]c3ncccc23)C(CN)C1. The summed E-state index contributed by atoms with van der Waals surface area (Å²) in [5.41, 5.74) is 6.36. The molecule has 22 heavy (non-hydrogen) atoms. The largest absolute Gasteiger partial charge is 0.381 e. The molecule has 0 amide bonds. The maximum absolute atomic E-state index is 13.0. The van der Waals surface area contributed by atoms with Gasteiger partial charge in [-0.25, -0.2) is 13.4 Å². The third-order valence-electron chi connectivity index (χ3n) is 4.22. The minimum atomic E-state index is -3.61. The van der Waals surface area contributed by atoms with Gasteiger partial charge in [-0.2, -0.15) is 4.31 Å². The molecular weight excluding hydrogens is 304 g/mol. The summed E-state index contributed by atoms with van der Waals surface area (Å²) in [6.45, 7) is 0.690. The van der Waals surface area contributed by atoms with Crippen LogP contribution in [0.4, 0.5) is 0 Å². The number of methoxy groups -OCH3 is 1. The minimum Gasteiger partial charge on any atom is -0.381 e. The van der Waals surface area contributed by atoms with E-state index in [1.807, 2.05) is 0 Å². The molecule has 2 atom stereocenters. The van der Waals surface area contributed by atoms with Crippen molar-refractivity contribution in [3.8, 4) is 0 Å². The second-order valence-electron chi connectivity index (χ2n) is 5.44. The first kappa shape index (κ1) is 15.4. The van der Waals surface area contributed by atoms with E-state index in [1.165, 1.54) is 10.5 Å².